The third-order valence-electron chi connectivity index (χ3n) is 2.72. The fraction of sp³-hybridized carbons (Fsp3) is 0.500. The first-order valence-corrected chi connectivity index (χ1v) is 11.9. The summed E-state index contributed by atoms with van der Waals surface area (Å²) in [6.45, 7) is 0.779. The van der Waals surface area contributed by atoms with Crippen LogP contribution in [0.5, 0.6) is 0 Å². The summed E-state index contributed by atoms with van der Waals surface area (Å²) in [6, 6.07) is 3.97. The van der Waals surface area contributed by atoms with Gasteiger partial charge in [0.15, 0.2) is 0 Å². The van der Waals surface area contributed by atoms with Crippen molar-refractivity contribution in [1.82, 2.24) is 10.4 Å². The molecule has 1 aliphatic heterocycles. The molecule has 0 saturated heterocycles. The van der Waals surface area contributed by atoms with Crippen LogP contribution >= 0.6 is 11.8 Å². The molecule has 0 fully saturated rings. The number of nitrogens with zero attached hydrogens (tertiary/aromatic N) is 3. The molecule has 1 aromatic rings. The number of hydrogen-bond acceptors (Lipinski definition) is 7. The van der Waals surface area contributed by atoms with E-state index in [1.807, 2.05) is 31.1 Å². The van der Waals surface area contributed by atoms with Crippen molar-refractivity contribution in [2.45, 2.75) is 17.5 Å². The Bertz CT molecular complexity index is 700. The molecule has 128 valence electrons. The van der Waals surface area contributed by atoms with E-state index < -0.39 is 26.0 Å². The zero-order valence-corrected chi connectivity index (χ0v) is 16.5. The summed E-state index contributed by atoms with van der Waals surface area (Å²) < 4.78 is 35.4. The number of furan rings is 1. The number of nitrogens with one attached hydrogen (secondary N) is 1. The van der Waals surface area contributed by atoms with Crippen molar-refractivity contribution in [3.8, 4) is 0 Å². The van der Waals surface area contributed by atoms with Crippen molar-refractivity contribution < 1.29 is 18.0 Å². The number of hydroxylamine groups is 1. The number of hydrogen-bond donors (Lipinski definition) is 2. The predicted molar refractivity (Wildman–Crippen MR) is 92.9 cm³/mol. The van der Waals surface area contributed by atoms with Crippen LogP contribution in [0.3, 0.4) is 0 Å². The van der Waals surface area contributed by atoms with Gasteiger partial charge in [0.05, 0.1) is 0 Å². The molecule has 1 aliphatic rings. The van der Waals surface area contributed by atoms with E-state index in [0.717, 1.165) is 34.8 Å². The van der Waals surface area contributed by atoms with Crippen molar-refractivity contribution in [3.63, 3.8) is 0 Å². The molecule has 8 nitrogen and oxygen atoms in total. The quantitative estimate of drug-likeness (QED) is 0.356. The monoisotopic (exact) mass is 422 g/mol. The summed E-state index contributed by atoms with van der Waals surface area (Å²) in [7, 11) is 0.193. The summed E-state index contributed by atoms with van der Waals surface area (Å²) in [5.41, 5.74) is 1.80. The Labute approximate surface area is 146 Å². The average Bonchev–Trinajstić information content (AvgIpc) is 3.01. The second-order valence-electron chi connectivity index (χ2n) is 5.02. The first kappa shape index (κ1) is 18.5. The van der Waals surface area contributed by atoms with Crippen LogP contribution < -0.4 is 5.48 Å². The molecule has 0 aromatic carbocycles. The molecule has 0 aliphatic carbocycles. The van der Waals surface area contributed by atoms with Crippen LogP contribution in [-0.2, 0) is 22.5 Å². The first-order valence-electron chi connectivity index (χ1n) is 6.79. The molecular formula is C12H19AsN4O4S2. The topological polar surface area (TPSA) is 108 Å². The maximum atomic E-state index is 11.2. The zero-order valence-electron chi connectivity index (χ0n) is 12.8. The molecule has 0 saturated carbocycles. The van der Waals surface area contributed by atoms with E-state index in [-0.39, 0.29) is 5.84 Å². The van der Waals surface area contributed by atoms with E-state index in [9.17, 15) is 8.42 Å². The Kier molecular flexibility index (Phi) is 6.72. The maximum absolute atomic E-state index is 11.2. The van der Waals surface area contributed by atoms with Gasteiger partial charge in [-0.05, 0) is 0 Å². The predicted octanol–water partition coefficient (Wildman–Crippen LogP) is 0.463. The SMILES string of the molecule is CN(C)Cc1ccc(CSCC[AsH]C2=NS(=O)(=O)N=C2NO)o1. The second-order valence-corrected chi connectivity index (χ2v) is 10.2. The van der Waals surface area contributed by atoms with Crippen LogP contribution in [-0.4, -0.2) is 64.5 Å². The first-order chi connectivity index (χ1) is 10.9. The van der Waals surface area contributed by atoms with Gasteiger partial charge in [-0.2, -0.15) is 0 Å². The number of rotatable bonds is 8. The number of thioether (sulfide) groups is 1. The molecule has 1 unspecified atom stereocenters. The van der Waals surface area contributed by atoms with E-state index in [2.05, 4.69) is 8.80 Å². The summed E-state index contributed by atoms with van der Waals surface area (Å²) in [5.74, 6) is 3.51. The third-order valence-corrected chi connectivity index (χ3v) is 8.11. The van der Waals surface area contributed by atoms with Gasteiger partial charge in [0.1, 0.15) is 0 Å². The standard InChI is InChI=1S/C12H19AsN4O4S2/c1-17(2)7-9-3-4-10(21-9)8-22-6-5-13-11-12(14-18)16-23(19,20)15-11/h3-4,13,18H,5-8H2,1-2H3,(H,14,16). The van der Waals surface area contributed by atoms with Gasteiger partial charge in [-0.15, -0.1) is 0 Å². The molecule has 1 atom stereocenters. The molecule has 11 heteroatoms. The minimum atomic E-state index is -3.79. The average molecular weight is 422 g/mol. The van der Waals surface area contributed by atoms with E-state index in [1.54, 1.807) is 17.2 Å². The second kappa shape index (κ2) is 8.34. The summed E-state index contributed by atoms with van der Waals surface area (Å²) in [4.78, 5) is 2.05. The van der Waals surface area contributed by atoms with Gasteiger partial charge in [-0.3, -0.25) is 0 Å². The Hall–Kier alpha value is -0.802. The van der Waals surface area contributed by atoms with Gasteiger partial charge in [-0.25, -0.2) is 0 Å². The minimum absolute atomic E-state index is 0.0330. The molecule has 2 heterocycles. The Morgan fingerprint density at radius 3 is 2.78 bits per heavy atom. The summed E-state index contributed by atoms with van der Waals surface area (Å²) in [6.07, 6.45) is 0. The van der Waals surface area contributed by atoms with Crippen molar-refractivity contribution in [3.05, 3.63) is 23.7 Å². The van der Waals surface area contributed by atoms with Crippen LogP contribution in [0.1, 0.15) is 11.5 Å². The molecule has 0 amide bonds. The van der Waals surface area contributed by atoms with Crippen molar-refractivity contribution in [1.29, 1.82) is 0 Å². The Morgan fingerprint density at radius 2 is 2.09 bits per heavy atom. The van der Waals surface area contributed by atoms with E-state index in [0.29, 0.717) is 4.50 Å². The van der Waals surface area contributed by atoms with E-state index >= 15 is 0 Å². The van der Waals surface area contributed by atoms with Crippen molar-refractivity contribution in [2.75, 3.05) is 19.8 Å². The normalized spacial score (nSPS) is 17.0. The number of amidine groups is 1. The van der Waals surface area contributed by atoms with Crippen molar-refractivity contribution >= 4 is 48.1 Å². The zero-order chi connectivity index (χ0) is 16.9. The molecule has 1 aromatic heterocycles. The molecule has 2 N–H and O–H groups in total. The summed E-state index contributed by atoms with van der Waals surface area (Å²) >= 11 is 0.969. The van der Waals surface area contributed by atoms with Gasteiger partial charge < -0.3 is 0 Å². The summed E-state index contributed by atoms with van der Waals surface area (Å²) in [5, 5.41) is 9.71. The molecule has 2 rings (SSSR count). The van der Waals surface area contributed by atoms with Crippen LogP contribution in [0.25, 0.3) is 0 Å². The third kappa shape index (κ3) is 5.96. The van der Waals surface area contributed by atoms with E-state index in [4.69, 9.17) is 9.62 Å². The van der Waals surface area contributed by atoms with Crippen molar-refractivity contribution in [2.24, 2.45) is 8.80 Å². The molecule has 0 spiro atoms. The molecule has 0 bridgehead atoms. The molecule has 23 heavy (non-hydrogen) atoms. The molecule has 0 radical (unpaired) electrons. The molecular weight excluding hydrogens is 403 g/mol. The van der Waals surface area contributed by atoms with Gasteiger partial charge >= 0.3 is 146 Å². The van der Waals surface area contributed by atoms with Gasteiger partial charge in [0, 0.05) is 0 Å². The fourth-order valence-electron chi connectivity index (χ4n) is 1.84. The Balaban J connectivity index is 1.70. The van der Waals surface area contributed by atoms with Gasteiger partial charge in [0.25, 0.3) is 0 Å². The van der Waals surface area contributed by atoms with Crippen LogP contribution in [0, 0.1) is 0 Å². The Morgan fingerprint density at radius 1 is 1.35 bits per heavy atom. The van der Waals surface area contributed by atoms with Gasteiger partial charge in [0.2, 0.25) is 0 Å². The van der Waals surface area contributed by atoms with Crippen LogP contribution in [0.2, 0.25) is 5.21 Å². The van der Waals surface area contributed by atoms with Gasteiger partial charge in [-0.1, -0.05) is 0 Å². The van der Waals surface area contributed by atoms with Crippen LogP contribution in [0.4, 0.5) is 0 Å². The van der Waals surface area contributed by atoms with Crippen LogP contribution in [0.15, 0.2) is 25.3 Å². The van der Waals surface area contributed by atoms with E-state index in [1.165, 1.54) is 0 Å². The fourth-order valence-corrected chi connectivity index (χ4v) is 7.30.